The van der Waals surface area contributed by atoms with E-state index in [0.29, 0.717) is 50.5 Å². The van der Waals surface area contributed by atoms with Crippen LogP contribution < -0.4 is 15.0 Å². The van der Waals surface area contributed by atoms with Gasteiger partial charge in [-0.3, -0.25) is 0 Å². The number of ether oxygens (including phenoxy) is 2. The summed E-state index contributed by atoms with van der Waals surface area (Å²) in [6.07, 6.45) is 1.87. The second-order valence-electron chi connectivity index (χ2n) is 9.26. The molecule has 2 aromatic carbocycles. The van der Waals surface area contributed by atoms with Gasteiger partial charge in [0.2, 0.25) is 6.36 Å². The van der Waals surface area contributed by atoms with Crippen molar-refractivity contribution in [1.29, 1.82) is 0 Å². The average Bonchev–Trinajstić information content (AvgIpc) is 2.97. The van der Waals surface area contributed by atoms with Crippen molar-refractivity contribution in [3.63, 3.8) is 0 Å². The van der Waals surface area contributed by atoms with E-state index in [1.807, 2.05) is 67.6 Å². The van der Waals surface area contributed by atoms with Gasteiger partial charge in [0, 0.05) is 43.7 Å². The molecule has 0 spiro atoms. The lowest BCUT2D eigenvalue weighted by Crippen LogP contribution is -2.49. The standard InChI is InChI=1S/C29H31FN6O3/c1-2-6-26(30)39-29(37)36-15-13-35(14-16-36)27-17-24-25(18-31-27)32-20-33-28(24)34-22-9-11-23(12-10-22)38-19-21-7-4-3-5-8-21/h3-5,7-12,17-18,20,26H,2,6,13-16,19H2,1H3,(H,32,33,34). The summed E-state index contributed by atoms with van der Waals surface area (Å²) in [4.78, 5) is 29.2. The quantitative estimate of drug-likeness (QED) is 0.295. The molecular weight excluding hydrogens is 499 g/mol. The minimum Gasteiger partial charge on any atom is -0.489 e. The smallest absolute Gasteiger partial charge is 0.412 e. The number of carbonyl (C=O) groups is 1. The van der Waals surface area contributed by atoms with Crippen LogP contribution in [0.15, 0.2) is 73.2 Å². The zero-order valence-corrected chi connectivity index (χ0v) is 21.8. The van der Waals surface area contributed by atoms with Gasteiger partial charge in [-0.1, -0.05) is 37.3 Å². The maximum atomic E-state index is 13.7. The Labute approximate surface area is 226 Å². The fourth-order valence-electron chi connectivity index (χ4n) is 4.32. The van der Waals surface area contributed by atoms with E-state index < -0.39 is 12.5 Å². The number of piperazine rings is 1. The maximum Gasteiger partial charge on any atom is 0.412 e. The number of fused-ring (bicyclic) bond motifs is 1. The minimum atomic E-state index is -1.56. The van der Waals surface area contributed by atoms with Crippen molar-refractivity contribution in [2.24, 2.45) is 0 Å². The molecular formula is C29H31FN6O3. The van der Waals surface area contributed by atoms with Crippen LogP contribution in [0.5, 0.6) is 5.75 Å². The minimum absolute atomic E-state index is 0.206. The highest BCUT2D eigenvalue weighted by Crippen LogP contribution is 2.27. The number of aromatic nitrogens is 3. The Hall–Kier alpha value is -4.47. The van der Waals surface area contributed by atoms with Gasteiger partial charge in [0.1, 0.15) is 30.3 Å². The molecule has 2 aromatic heterocycles. The Balaban J connectivity index is 1.22. The highest BCUT2D eigenvalue weighted by atomic mass is 19.1. The summed E-state index contributed by atoms with van der Waals surface area (Å²) < 4.78 is 24.5. The van der Waals surface area contributed by atoms with Gasteiger partial charge < -0.3 is 24.6 Å². The monoisotopic (exact) mass is 530 g/mol. The summed E-state index contributed by atoms with van der Waals surface area (Å²) in [5.41, 5.74) is 2.69. The number of hydrogen-bond donors (Lipinski definition) is 1. The zero-order chi connectivity index (χ0) is 27.0. The highest BCUT2D eigenvalue weighted by molar-refractivity contribution is 5.91. The molecule has 1 atom stereocenters. The molecule has 5 rings (SSSR count). The van der Waals surface area contributed by atoms with E-state index in [4.69, 9.17) is 9.47 Å². The Morgan fingerprint density at radius 2 is 1.79 bits per heavy atom. The summed E-state index contributed by atoms with van der Waals surface area (Å²) in [5, 5.41) is 4.20. The molecule has 4 aromatic rings. The summed E-state index contributed by atoms with van der Waals surface area (Å²) >= 11 is 0. The van der Waals surface area contributed by atoms with Crippen molar-refractivity contribution in [1.82, 2.24) is 19.9 Å². The van der Waals surface area contributed by atoms with Crippen molar-refractivity contribution in [3.8, 4) is 5.75 Å². The highest BCUT2D eigenvalue weighted by Gasteiger charge is 2.25. The molecule has 9 nitrogen and oxygen atoms in total. The van der Waals surface area contributed by atoms with Gasteiger partial charge in [0.15, 0.2) is 0 Å². The van der Waals surface area contributed by atoms with Gasteiger partial charge in [-0.05, 0) is 42.3 Å². The first-order valence-electron chi connectivity index (χ1n) is 13.1. The Morgan fingerprint density at radius 3 is 2.54 bits per heavy atom. The first kappa shape index (κ1) is 26.1. The molecule has 1 amide bonds. The number of benzene rings is 2. The predicted molar refractivity (Wildman–Crippen MR) is 148 cm³/mol. The summed E-state index contributed by atoms with van der Waals surface area (Å²) in [7, 11) is 0. The Bertz CT molecular complexity index is 1380. The van der Waals surface area contributed by atoms with E-state index in [0.717, 1.165) is 28.2 Å². The molecule has 202 valence electrons. The lowest BCUT2D eigenvalue weighted by molar-refractivity contribution is -0.0116. The van der Waals surface area contributed by atoms with Crippen molar-refractivity contribution in [3.05, 3.63) is 78.8 Å². The zero-order valence-electron chi connectivity index (χ0n) is 21.8. The van der Waals surface area contributed by atoms with Crippen molar-refractivity contribution < 1.29 is 18.7 Å². The summed E-state index contributed by atoms with van der Waals surface area (Å²) in [6, 6.07) is 19.7. The molecule has 0 bridgehead atoms. The number of nitrogens with one attached hydrogen (secondary N) is 1. The fraction of sp³-hybridized carbons (Fsp3) is 0.310. The molecule has 3 heterocycles. The van der Waals surface area contributed by atoms with Gasteiger partial charge >= 0.3 is 6.09 Å². The van der Waals surface area contributed by atoms with E-state index in [1.165, 1.54) is 11.2 Å². The molecule has 39 heavy (non-hydrogen) atoms. The third kappa shape index (κ3) is 6.70. The third-order valence-electron chi connectivity index (χ3n) is 6.48. The molecule has 0 radical (unpaired) electrons. The largest absolute Gasteiger partial charge is 0.489 e. The molecule has 1 saturated heterocycles. The number of nitrogens with zero attached hydrogens (tertiary/aromatic N) is 5. The lowest BCUT2D eigenvalue weighted by atomic mass is 10.2. The molecule has 1 unspecified atom stereocenters. The van der Waals surface area contributed by atoms with Gasteiger partial charge in [0.05, 0.1) is 11.7 Å². The average molecular weight is 531 g/mol. The maximum absolute atomic E-state index is 13.7. The van der Waals surface area contributed by atoms with Gasteiger partial charge in [-0.15, -0.1) is 0 Å². The number of alkyl halides is 1. The normalized spacial score (nSPS) is 14.2. The fourth-order valence-corrected chi connectivity index (χ4v) is 4.32. The van der Waals surface area contributed by atoms with Crippen LogP contribution in [-0.2, 0) is 11.3 Å². The SMILES string of the molecule is CCCC(F)OC(=O)N1CCN(c2cc3c(Nc4ccc(OCc5ccccc5)cc4)ncnc3cn2)CC1. The second kappa shape index (κ2) is 12.4. The summed E-state index contributed by atoms with van der Waals surface area (Å²) in [5.74, 6) is 2.19. The first-order valence-corrected chi connectivity index (χ1v) is 13.1. The molecule has 1 aliphatic heterocycles. The van der Waals surface area contributed by atoms with E-state index in [1.54, 1.807) is 6.20 Å². The van der Waals surface area contributed by atoms with Gasteiger partial charge in [-0.2, -0.15) is 0 Å². The van der Waals surface area contributed by atoms with E-state index in [9.17, 15) is 9.18 Å². The number of carbonyl (C=O) groups excluding carboxylic acids is 1. The molecule has 1 N–H and O–H groups in total. The topological polar surface area (TPSA) is 92.7 Å². The number of amides is 1. The third-order valence-corrected chi connectivity index (χ3v) is 6.48. The van der Waals surface area contributed by atoms with Crippen LogP contribution in [0.1, 0.15) is 25.3 Å². The van der Waals surface area contributed by atoms with Gasteiger partial charge in [-0.25, -0.2) is 24.1 Å². The Kier molecular flexibility index (Phi) is 8.30. The van der Waals surface area contributed by atoms with Crippen LogP contribution in [0.4, 0.5) is 26.5 Å². The summed E-state index contributed by atoms with van der Waals surface area (Å²) in [6.45, 7) is 4.31. The Morgan fingerprint density at radius 1 is 1.03 bits per heavy atom. The molecule has 1 fully saturated rings. The van der Waals surface area contributed by atoms with E-state index in [-0.39, 0.29) is 6.42 Å². The molecule has 0 aliphatic carbocycles. The molecule has 10 heteroatoms. The van der Waals surface area contributed by atoms with Crippen LogP contribution in [0.3, 0.4) is 0 Å². The predicted octanol–water partition coefficient (Wildman–Crippen LogP) is 5.70. The number of anilines is 3. The van der Waals surface area contributed by atoms with E-state index >= 15 is 0 Å². The number of halogens is 1. The van der Waals surface area contributed by atoms with Crippen LogP contribution in [0, 0.1) is 0 Å². The number of rotatable bonds is 9. The number of pyridine rings is 1. The van der Waals surface area contributed by atoms with Crippen molar-refractivity contribution >= 4 is 34.3 Å². The molecule has 0 saturated carbocycles. The number of hydrogen-bond acceptors (Lipinski definition) is 8. The van der Waals surface area contributed by atoms with E-state index in [2.05, 4.69) is 25.2 Å². The van der Waals surface area contributed by atoms with Crippen LogP contribution in [0.25, 0.3) is 10.9 Å². The first-order chi connectivity index (χ1) is 19.1. The van der Waals surface area contributed by atoms with Crippen molar-refractivity contribution in [2.75, 3.05) is 36.4 Å². The molecule has 1 aliphatic rings. The second-order valence-corrected chi connectivity index (χ2v) is 9.26. The van der Waals surface area contributed by atoms with Crippen LogP contribution in [-0.4, -0.2) is 58.5 Å². The van der Waals surface area contributed by atoms with Crippen LogP contribution in [0.2, 0.25) is 0 Å². The van der Waals surface area contributed by atoms with Crippen molar-refractivity contribution in [2.45, 2.75) is 32.7 Å². The van der Waals surface area contributed by atoms with Gasteiger partial charge in [0.25, 0.3) is 0 Å². The van der Waals surface area contributed by atoms with Crippen LogP contribution >= 0.6 is 0 Å². The lowest BCUT2D eigenvalue weighted by Gasteiger charge is -2.35.